The van der Waals surface area contributed by atoms with Crippen LogP contribution in [0, 0.1) is 0 Å². The van der Waals surface area contributed by atoms with Crippen molar-refractivity contribution < 1.29 is 5.11 Å². The fraction of sp³-hybridized carbons (Fsp3) is 0.400. The third kappa shape index (κ3) is 1.35. The zero-order valence-electron chi connectivity index (χ0n) is 6.92. The molecule has 1 saturated carbocycles. The zero-order chi connectivity index (χ0) is 8.77. The van der Waals surface area contributed by atoms with Crippen molar-refractivity contribution in [2.24, 2.45) is 0 Å². The Morgan fingerprint density at radius 1 is 1.42 bits per heavy atom. The lowest BCUT2D eigenvalue weighted by atomic mass is 10.1. The molecule has 64 valence electrons. The van der Waals surface area contributed by atoms with Crippen LogP contribution in [-0.4, -0.2) is 10.7 Å². The van der Waals surface area contributed by atoms with E-state index >= 15 is 0 Å². The maximum Gasteiger partial charge on any atom is 0.0696 e. The van der Waals surface area contributed by atoms with Crippen molar-refractivity contribution in [1.29, 1.82) is 0 Å². The molecule has 1 aromatic rings. The Balaban J connectivity index is 2.21. The minimum atomic E-state index is -0.478. The molecule has 0 spiro atoms. The Morgan fingerprint density at radius 3 is 2.33 bits per heavy atom. The summed E-state index contributed by atoms with van der Waals surface area (Å²) in [5.74, 6) is 0.315. The van der Waals surface area contributed by atoms with Gasteiger partial charge in [0.05, 0.1) is 5.60 Å². The molecule has 2 atom stereocenters. The van der Waals surface area contributed by atoms with Crippen molar-refractivity contribution in [2.45, 2.75) is 24.9 Å². The van der Waals surface area contributed by atoms with Crippen molar-refractivity contribution >= 4 is 11.6 Å². The first-order valence-electron chi connectivity index (χ1n) is 4.07. The summed E-state index contributed by atoms with van der Waals surface area (Å²) in [7, 11) is 0. The molecule has 0 heterocycles. The maximum atomic E-state index is 9.58. The Bertz CT molecular complexity index is 289. The van der Waals surface area contributed by atoms with E-state index in [-0.39, 0.29) is 0 Å². The molecule has 1 aliphatic rings. The summed E-state index contributed by atoms with van der Waals surface area (Å²) in [4.78, 5) is 0. The fourth-order valence-corrected chi connectivity index (χ4v) is 1.65. The van der Waals surface area contributed by atoms with Crippen LogP contribution >= 0.6 is 11.6 Å². The van der Waals surface area contributed by atoms with Crippen LogP contribution in [0.2, 0.25) is 5.02 Å². The summed E-state index contributed by atoms with van der Waals surface area (Å²) in [5, 5.41) is 10.3. The van der Waals surface area contributed by atoms with Gasteiger partial charge in [0.1, 0.15) is 0 Å². The standard InChI is InChI=1S/C10H11ClO/c1-10(12)6-9(10)7-2-4-8(11)5-3-7/h2-5,9,12H,6H2,1H3. The zero-order valence-corrected chi connectivity index (χ0v) is 7.67. The van der Waals surface area contributed by atoms with Gasteiger partial charge < -0.3 is 5.11 Å². The van der Waals surface area contributed by atoms with E-state index in [4.69, 9.17) is 11.6 Å². The molecule has 2 unspecified atom stereocenters. The molecule has 1 aliphatic carbocycles. The summed E-state index contributed by atoms with van der Waals surface area (Å²) in [6.45, 7) is 1.87. The quantitative estimate of drug-likeness (QED) is 0.708. The number of hydrogen-bond acceptors (Lipinski definition) is 1. The lowest BCUT2D eigenvalue weighted by Gasteiger charge is -2.02. The summed E-state index contributed by atoms with van der Waals surface area (Å²) in [5.41, 5.74) is 0.706. The van der Waals surface area contributed by atoms with Gasteiger partial charge in [0.2, 0.25) is 0 Å². The molecule has 1 fully saturated rings. The van der Waals surface area contributed by atoms with Crippen LogP contribution in [0.25, 0.3) is 0 Å². The van der Waals surface area contributed by atoms with Crippen LogP contribution in [0.15, 0.2) is 24.3 Å². The first-order chi connectivity index (χ1) is 5.59. The van der Waals surface area contributed by atoms with Crippen LogP contribution in [0.3, 0.4) is 0 Å². The van der Waals surface area contributed by atoms with Gasteiger partial charge in [-0.15, -0.1) is 0 Å². The summed E-state index contributed by atoms with van der Waals surface area (Å²) < 4.78 is 0. The average Bonchev–Trinajstić information content (AvgIpc) is 2.61. The first-order valence-corrected chi connectivity index (χ1v) is 4.45. The number of benzene rings is 1. The van der Waals surface area contributed by atoms with Crippen LogP contribution in [0.5, 0.6) is 0 Å². The molecule has 0 aliphatic heterocycles. The van der Waals surface area contributed by atoms with Gasteiger partial charge in [-0.3, -0.25) is 0 Å². The van der Waals surface area contributed by atoms with Gasteiger partial charge in [-0.2, -0.15) is 0 Å². The molecule has 2 heteroatoms. The minimum Gasteiger partial charge on any atom is -0.390 e. The Labute approximate surface area is 77.0 Å². The predicted octanol–water partition coefficient (Wildman–Crippen LogP) is 2.58. The molecular formula is C10H11ClO. The molecule has 12 heavy (non-hydrogen) atoms. The van der Waals surface area contributed by atoms with Crippen LogP contribution in [0.4, 0.5) is 0 Å². The second-order valence-electron chi connectivity index (χ2n) is 3.67. The smallest absolute Gasteiger partial charge is 0.0696 e. The van der Waals surface area contributed by atoms with Crippen molar-refractivity contribution in [3.05, 3.63) is 34.9 Å². The number of hydrogen-bond donors (Lipinski definition) is 1. The molecule has 2 rings (SSSR count). The Kier molecular flexibility index (Phi) is 1.67. The van der Waals surface area contributed by atoms with Crippen molar-refractivity contribution in [3.8, 4) is 0 Å². The highest BCUT2D eigenvalue weighted by atomic mass is 35.5. The Hall–Kier alpha value is -0.530. The molecule has 0 amide bonds. The Morgan fingerprint density at radius 2 is 1.92 bits per heavy atom. The van der Waals surface area contributed by atoms with Crippen molar-refractivity contribution in [3.63, 3.8) is 0 Å². The van der Waals surface area contributed by atoms with E-state index in [2.05, 4.69) is 0 Å². The van der Waals surface area contributed by atoms with E-state index in [1.807, 2.05) is 31.2 Å². The average molecular weight is 183 g/mol. The number of halogens is 1. The highest BCUT2D eigenvalue weighted by molar-refractivity contribution is 6.30. The van der Waals surface area contributed by atoms with Gasteiger partial charge in [-0.25, -0.2) is 0 Å². The van der Waals surface area contributed by atoms with Crippen molar-refractivity contribution in [2.75, 3.05) is 0 Å². The first kappa shape index (κ1) is 8.09. The van der Waals surface area contributed by atoms with Crippen molar-refractivity contribution in [1.82, 2.24) is 0 Å². The molecule has 0 radical (unpaired) electrons. The number of rotatable bonds is 1. The van der Waals surface area contributed by atoms with Gasteiger partial charge >= 0.3 is 0 Å². The summed E-state index contributed by atoms with van der Waals surface area (Å²) in [6.07, 6.45) is 0.870. The van der Waals surface area contributed by atoms with E-state index in [0.29, 0.717) is 5.92 Å². The molecule has 1 nitrogen and oxygen atoms in total. The minimum absolute atomic E-state index is 0.315. The van der Waals surface area contributed by atoms with Gasteiger partial charge in [-0.1, -0.05) is 23.7 Å². The highest BCUT2D eigenvalue weighted by Gasteiger charge is 2.49. The van der Waals surface area contributed by atoms with Crippen LogP contribution in [0.1, 0.15) is 24.8 Å². The van der Waals surface area contributed by atoms with Gasteiger partial charge in [0.25, 0.3) is 0 Å². The van der Waals surface area contributed by atoms with Crippen LogP contribution < -0.4 is 0 Å². The SMILES string of the molecule is CC1(O)CC1c1ccc(Cl)cc1. The highest BCUT2D eigenvalue weighted by Crippen LogP contribution is 2.50. The molecule has 0 aromatic heterocycles. The van der Waals surface area contributed by atoms with E-state index in [1.165, 1.54) is 5.56 Å². The summed E-state index contributed by atoms with van der Waals surface area (Å²) >= 11 is 5.75. The van der Waals surface area contributed by atoms with Gasteiger partial charge in [0.15, 0.2) is 0 Å². The molecule has 1 aromatic carbocycles. The summed E-state index contributed by atoms with van der Waals surface area (Å²) in [6, 6.07) is 7.69. The second-order valence-corrected chi connectivity index (χ2v) is 4.10. The number of aliphatic hydroxyl groups is 1. The fourth-order valence-electron chi connectivity index (χ4n) is 1.53. The van der Waals surface area contributed by atoms with E-state index < -0.39 is 5.60 Å². The van der Waals surface area contributed by atoms with Crippen LogP contribution in [-0.2, 0) is 0 Å². The molecule has 0 bridgehead atoms. The topological polar surface area (TPSA) is 20.2 Å². The largest absolute Gasteiger partial charge is 0.390 e. The third-order valence-electron chi connectivity index (χ3n) is 2.48. The van der Waals surface area contributed by atoms with Gasteiger partial charge in [0, 0.05) is 10.9 Å². The monoisotopic (exact) mass is 182 g/mol. The predicted molar refractivity (Wildman–Crippen MR) is 49.4 cm³/mol. The normalized spacial score (nSPS) is 33.4. The molecule has 0 saturated heterocycles. The maximum absolute atomic E-state index is 9.58. The van der Waals surface area contributed by atoms with E-state index in [9.17, 15) is 5.11 Å². The molecular weight excluding hydrogens is 172 g/mol. The third-order valence-corrected chi connectivity index (χ3v) is 2.73. The lowest BCUT2D eigenvalue weighted by molar-refractivity contribution is 0.164. The van der Waals surface area contributed by atoms with E-state index in [0.717, 1.165) is 11.4 Å². The second kappa shape index (κ2) is 2.48. The van der Waals surface area contributed by atoms with E-state index in [1.54, 1.807) is 0 Å². The van der Waals surface area contributed by atoms with Gasteiger partial charge in [-0.05, 0) is 31.0 Å². The lowest BCUT2D eigenvalue weighted by Crippen LogP contribution is -2.01. The molecule has 1 N–H and O–H groups in total.